The summed E-state index contributed by atoms with van der Waals surface area (Å²) >= 11 is 1.21. The van der Waals surface area contributed by atoms with E-state index in [0.29, 0.717) is 28.7 Å². The minimum Gasteiger partial charge on any atom is -0.462 e. The first-order valence-corrected chi connectivity index (χ1v) is 6.16. The second-order valence-electron chi connectivity index (χ2n) is 3.91. The molecular formula is C12H16O3S. The Morgan fingerprint density at radius 3 is 2.50 bits per heavy atom. The third-order valence-electron chi connectivity index (χ3n) is 1.95. The molecule has 0 saturated carbocycles. The summed E-state index contributed by atoms with van der Waals surface area (Å²) in [6.45, 7) is 6.11. The normalized spacial score (nSPS) is 10.5. The van der Waals surface area contributed by atoms with Gasteiger partial charge in [0.05, 0.1) is 11.5 Å². The monoisotopic (exact) mass is 240 g/mol. The predicted octanol–water partition coefficient (Wildman–Crippen LogP) is 3.15. The lowest BCUT2D eigenvalue weighted by Crippen LogP contribution is -2.02. The fourth-order valence-corrected chi connectivity index (χ4v) is 2.12. The number of hydrogen-bond donors (Lipinski definition) is 0. The minimum atomic E-state index is -0.351. The maximum Gasteiger partial charge on any atom is 0.348 e. The summed E-state index contributed by atoms with van der Waals surface area (Å²) in [5.74, 6) is 0.0762. The predicted molar refractivity (Wildman–Crippen MR) is 64.1 cm³/mol. The van der Waals surface area contributed by atoms with E-state index < -0.39 is 0 Å². The number of Topliss-reactive ketones (excluding diaryl/α,β-unsaturated/α-hetero) is 1. The van der Waals surface area contributed by atoms with E-state index in [1.54, 1.807) is 19.1 Å². The molecule has 0 aliphatic heterocycles. The lowest BCUT2D eigenvalue weighted by Gasteiger charge is -2.00. The number of thiophene rings is 1. The highest BCUT2D eigenvalue weighted by Crippen LogP contribution is 2.20. The van der Waals surface area contributed by atoms with Crippen molar-refractivity contribution >= 4 is 23.1 Å². The zero-order valence-electron chi connectivity index (χ0n) is 9.78. The average Bonchev–Trinajstić information content (AvgIpc) is 2.65. The van der Waals surface area contributed by atoms with E-state index in [-0.39, 0.29) is 11.8 Å². The van der Waals surface area contributed by atoms with E-state index in [2.05, 4.69) is 0 Å². The van der Waals surface area contributed by atoms with Crippen molar-refractivity contribution in [2.24, 2.45) is 5.92 Å². The first-order valence-electron chi connectivity index (χ1n) is 5.34. The molecule has 0 N–H and O–H groups in total. The van der Waals surface area contributed by atoms with Crippen molar-refractivity contribution in [3.05, 3.63) is 21.9 Å². The Balaban J connectivity index is 2.71. The number of esters is 1. The summed E-state index contributed by atoms with van der Waals surface area (Å²) < 4.78 is 4.86. The van der Waals surface area contributed by atoms with Crippen LogP contribution in [0, 0.1) is 5.92 Å². The fourth-order valence-electron chi connectivity index (χ4n) is 1.27. The van der Waals surface area contributed by atoms with Gasteiger partial charge >= 0.3 is 5.97 Å². The molecule has 1 aromatic heterocycles. The van der Waals surface area contributed by atoms with Crippen LogP contribution in [-0.2, 0) is 4.74 Å². The Labute approximate surface area is 99.4 Å². The Kier molecular flexibility index (Phi) is 4.68. The van der Waals surface area contributed by atoms with Crippen LogP contribution in [0.15, 0.2) is 12.1 Å². The van der Waals surface area contributed by atoms with Crippen molar-refractivity contribution in [3.63, 3.8) is 0 Å². The zero-order valence-corrected chi connectivity index (χ0v) is 10.6. The molecule has 0 atom stereocenters. The molecule has 0 saturated heterocycles. The van der Waals surface area contributed by atoms with Gasteiger partial charge in [-0.2, -0.15) is 0 Å². The van der Waals surface area contributed by atoms with Crippen LogP contribution < -0.4 is 0 Å². The van der Waals surface area contributed by atoms with Gasteiger partial charge in [0.1, 0.15) is 4.88 Å². The second-order valence-corrected chi connectivity index (χ2v) is 4.99. The average molecular weight is 240 g/mol. The van der Waals surface area contributed by atoms with Crippen molar-refractivity contribution in [3.8, 4) is 0 Å². The number of carbonyl (C=O) groups is 2. The van der Waals surface area contributed by atoms with Gasteiger partial charge < -0.3 is 4.74 Å². The third-order valence-corrected chi connectivity index (χ3v) is 3.06. The van der Waals surface area contributed by atoms with Gasteiger partial charge in [-0.25, -0.2) is 4.79 Å². The molecule has 0 fully saturated rings. The molecule has 0 amide bonds. The molecule has 0 bridgehead atoms. The first-order chi connectivity index (χ1) is 7.54. The lowest BCUT2D eigenvalue weighted by molar-refractivity contribution is 0.0532. The molecule has 1 aromatic rings. The third kappa shape index (κ3) is 3.45. The van der Waals surface area contributed by atoms with E-state index in [9.17, 15) is 9.59 Å². The minimum absolute atomic E-state index is 0.0931. The summed E-state index contributed by atoms with van der Waals surface area (Å²) in [5.41, 5.74) is 0. The highest BCUT2D eigenvalue weighted by Gasteiger charge is 2.15. The van der Waals surface area contributed by atoms with Crippen molar-refractivity contribution in [2.75, 3.05) is 6.61 Å². The molecule has 0 radical (unpaired) electrons. The van der Waals surface area contributed by atoms with Crippen LogP contribution in [-0.4, -0.2) is 18.4 Å². The Morgan fingerprint density at radius 2 is 1.94 bits per heavy atom. The molecule has 0 spiro atoms. The van der Waals surface area contributed by atoms with E-state index in [4.69, 9.17) is 4.74 Å². The Bertz CT molecular complexity index is 379. The van der Waals surface area contributed by atoms with E-state index in [0.717, 1.165) is 0 Å². The van der Waals surface area contributed by atoms with Gasteiger partial charge in [-0.05, 0) is 25.0 Å². The quantitative estimate of drug-likeness (QED) is 0.586. The second kappa shape index (κ2) is 5.80. The molecule has 0 aliphatic rings. The van der Waals surface area contributed by atoms with E-state index in [1.165, 1.54) is 11.3 Å². The van der Waals surface area contributed by atoms with Crippen LogP contribution in [0.25, 0.3) is 0 Å². The highest BCUT2D eigenvalue weighted by molar-refractivity contribution is 7.15. The molecular weight excluding hydrogens is 224 g/mol. The van der Waals surface area contributed by atoms with Crippen LogP contribution in [0.3, 0.4) is 0 Å². The molecule has 0 aromatic carbocycles. The van der Waals surface area contributed by atoms with Crippen molar-refractivity contribution < 1.29 is 14.3 Å². The number of ether oxygens (including phenoxy) is 1. The number of rotatable bonds is 5. The molecule has 88 valence electrons. The van der Waals surface area contributed by atoms with E-state index in [1.807, 2.05) is 13.8 Å². The van der Waals surface area contributed by atoms with Gasteiger partial charge in [0.15, 0.2) is 5.78 Å². The molecule has 0 unspecified atom stereocenters. The van der Waals surface area contributed by atoms with Gasteiger partial charge in [0, 0.05) is 6.42 Å². The van der Waals surface area contributed by atoms with Gasteiger partial charge in [0.25, 0.3) is 0 Å². The summed E-state index contributed by atoms with van der Waals surface area (Å²) in [7, 11) is 0. The van der Waals surface area contributed by atoms with Crippen molar-refractivity contribution in [1.82, 2.24) is 0 Å². The zero-order chi connectivity index (χ0) is 12.1. The molecule has 1 rings (SSSR count). The number of carbonyl (C=O) groups excluding carboxylic acids is 2. The summed E-state index contributed by atoms with van der Waals surface area (Å²) in [5, 5.41) is 0. The van der Waals surface area contributed by atoms with Crippen LogP contribution in [0.2, 0.25) is 0 Å². The summed E-state index contributed by atoms with van der Waals surface area (Å²) in [4.78, 5) is 24.2. The molecule has 1 heterocycles. The fraction of sp³-hybridized carbons (Fsp3) is 0.500. The molecule has 4 heteroatoms. The molecule has 3 nitrogen and oxygen atoms in total. The molecule has 16 heavy (non-hydrogen) atoms. The number of hydrogen-bond acceptors (Lipinski definition) is 4. The van der Waals surface area contributed by atoms with Crippen molar-refractivity contribution in [2.45, 2.75) is 27.2 Å². The van der Waals surface area contributed by atoms with Crippen LogP contribution in [0.4, 0.5) is 0 Å². The maximum atomic E-state index is 11.7. The largest absolute Gasteiger partial charge is 0.462 e. The van der Waals surface area contributed by atoms with Crippen molar-refractivity contribution in [1.29, 1.82) is 0 Å². The summed E-state index contributed by atoms with van der Waals surface area (Å²) in [6, 6.07) is 3.35. The van der Waals surface area contributed by atoms with E-state index >= 15 is 0 Å². The topological polar surface area (TPSA) is 43.4 Å². The molecule has 0 aliphatic carbocycles. The number of ketones is 1. The van der Waals surface area contributed by atoms with Gasteiger partial charge in [0.2, 0.25) is 0 Å². The van der Waals surface area contributed by atoms with Gasteiger partial charge in [-0.1, -0.05) is 13.8 Å². The van der Waals surface area contributed by atoms with Crippen LogP contribution >= 0.6 is 11.3 Å². The standard InChI is InChI=1S/C12H16O3S/c1-4-15-12(14)11-6-5-10(16-11)9(13)7-8(2)3/h5-6,8H,4,7H2,1-3H3. The highest BCUT2D eigenvalue weighted by atomic mass is 32.1. The Hall–Kier alpha value is -1.16. The van der Waals surface area contributed by atoms with Gasteiger partial charge in [-0.15, -0.1) is 11.3 Å². The van der Waals surface area contributed by atoms with Crippen LogP contribution in [0.1, 0.15) is 46.5 Å². The summed E-state index contributed by atoms with van der Waals surface area (Å²) in [6.07, 6.45) is 0.517. The SMILES string of the molecule is CCOC(=O)c1ccc(C(=O)CC(C)C)s1. The first kappa shape index (κ1) is 12.9. The van der Waals surface area contributed by atoms with Crippen LogP contribution in [0.5, 0.6) is 0 Å². The maximum absolute atomic E-state index is 11.7. The van der Waals surface area contributed by atoms with Gasteiger partial charge in [-0.3, -0.25) is 4.79 Å². The lowest BCUT2D eigenvalue weighted by atomic mass is 10.1. The Morgan fingerprint density at radius 1 is 1.31 bits per heavy atom. The smallest absolute Gasteiger partial charge is 0.348 e.